The number of allylic oxidation sites excluding steroid dienone is 3. The molecule has 0 radical (unpaired) electrons. The summed E-state index contributed by atoms with van der Waals surface area (Å²) < 4.78 is 38.4. The third-order valence-electron chi connectivity index (χ3n) is 3.01. The SMILES string of the molecule is O=C(NC(=O)C1C=CC=CC1(Cl)Cl)Nc1ccc(OC(F)(F)F)cc1. The van der Waals surface area contributed by atoms with Gasteiger partial charge in [0.05, 0.1) is 5.92 Å². The predicted molar refractivity (Wildman–Crippen MR) is 86.5 cm³/mol. The minimum atomic E-state index is -4.81. The Balaban J connectivity index is 1.93. The maximum Gasteiger partial charge on any atom is 0.573 e. The highest BCUT2D eigenvalue weighted by Gasteiger charge is 2.38. The molecule has 0 saturated carbocycles. The number of anilines is 1. The molecule has 134 valence electrons. The number of nitrogens with one attached hydrogen (secondary N) is 2. The van der Waals surface area contributed by atoms with Crippen LogP contribution in [0.2, 0.25) is 0 Å². The van der Waals surface area contributed by atoms with Crippen LogP contribution >= 0.6 is 23.2 Å². The van der Waals surface area contributed by atoms with Crippen LogP contribution < -0.4 is 15.4 Å². The molecule has 0 spiro atoms. The van der Waals surface area contributed by atoms with Crippen molar-refractivity contribution in [3.8, 4) is 5.75 Å². The molecular weight excluding hydrogens is 384 g/mol. The van der Waals surface area contributed by atoms with Gasteiger partial charge < -0.3 is 10.1 Å². The summed E-state index contributed by atoms with van der Waals surface area (Å²) in [4.78, 5) is 23.9. The summed E-state index contributed by atoms with van der Waals surface area (Å²) in [5.74, 6) is -2.16. The minimum absolute atomic E-state index is 0.155. The molecule has 0 bridgehead atoms. The lowest BCUT2D eigenvalue weighted by Crippen LogP contribution is -2.43. The van der Waals surface area contributed by atoms with Crippen LogP contribution in [0, 0.1) is 5.92 Å². The van der Waals surface area contributed by atoms with Gasteiger partial charge >= 0.3 is 12.4 Å². The molecule has 2 N–H and O–H groups in total. The van der Waals surface area contributed by atoms with Gasteiger partial charge in [0.1, 0.15) is 5.75 Å². The second-order valence-corrected chi connectivity index (χ2v) is 6.36. The van der Waals surface area contributed by atoms with E-state index in [-0.39, 0.29) is 5.69 Å². The summed E-state index contributed by atoms with van der Waals surface area (Å²) in [6.07, 6.45) is 1.15. The number of ether oxygens (including phenoxy) is 1. The van der Waals surface area contributed by atoms with Crippen molar-refractivity contribution in [2.45, 2.75) is 10.7 Å². The molecule has 10 heteroatoms. The first-order valence-electron chi connectivity index (χ1n) is 6.78. The summed E-state index contributed by atoms with van der Waals surface area (Å²) in [6.45, 7) is 0. The van der Waals surface area contributed by atoms with Crippen molar-refractivity contribution in [1.29, 1.82) is 0 Å². The molecule has 1 aliphatic rings. The van der Waals surface area contributed by atoms with E-state index in [1.807, 2.05) is 0 Å². The first kappa shape index (κ1) is 19.1. The minimum Gasteiger partial charge on any atom is -0.406 e. The van der Waals surface area contributed by atoms with Crippen molar-refractivity contribution in [2.24, 2.45) is 5.92 Å². The van der Waals surface area contributed by atoms with Gasteiger partial charge in [0, 0.05) is 5.69 Å². The van der Waals surface area contributed by atoms with Gasteiger partial charge in [-0.15, -0.1) is 13.2 Å². The van der Waals surface area contributed by atoms with E-state index in [1.165, 1.54) is 24.3 Å². The fraction of sp³-hybridized carbons (Fsp3) is 0.200. The van der Waals surface area contributed by atoms with Gasteiger partial charge in [-0.1, -0.05) is 41.4 Å². The van der Waals surface area contributed by atoms with Crippen molar-refractivity contribution >= 4 is 40.8 Å². The van der Waals surface area contributed by atoms with Crippen LogP contribution in [0.4, 0.5) is 23.7 Å². The predicted octanol–water partition coefficient (Wildman–Crippen LogP) is 4.15. The van der Waals surface area contributed by atoms with Crippen LogP contribution in [0.25, 0.3) is 0 Å². The zero-order valence-corrected chi connectivity index (χ0v) is 13.8. The fourth-order valence-corrected chi connectivity index (χ4v) is 2.43. The zero-order chi connectivity index (χ0) is 18.7. The molecular formula is C15H11Cl2F3N2O3. The average Bonchev–Trinajstić information content (AvgIpc) is 2.47. The number of rotatable bonds is 3. The number of urea groups is 1. The van der Waals surface area contributed by atoms with E-state index in [1.54, 1.807) is 12.2 Å². The summed E-state index contributed by atoms with van der Waals surface area (Å²) in [6, 6.07) is 3.51. The largest absolute Gasteiger partial charge is 0.573 e. The second kappa shape index (κ2) is 7.37. The maximum absolute atomic E-state index is 12.1. The normalized spacial score (nSPS) is 18.5. The number of benzene rings is 1. The van der Waals surface area contributed by atoms with Gasteiger partial charge in [0.2, 0.25) is 5.91 Å². The molecule has 1 atom stereocenters. The number of hydrogen-bond donors (Lipinski definition) is 2. The Kier molecular flexibility index (Phi) is 5.64. The highest BCUT2D eigenvalue weighted by molar-refractivity contribution is 6.51. The lowest BCUT2D eigenvalue weighted by molar-refractivity contribution is -0.274. The lowest BCUT2D eigenvalue weighted by Gasteiger charge is -2.25. The van der Waals surface area contributed by atoms with Crippen molar-refractivity contribution in [2.75, 3.05) is 5.32 Å². The van der Waals surface area contributed by atoms with E-state index >= 15 is 0 Å². The number of hydrogen-bond acceptors (Lipinski definition) is 3. The molecule has 0 aromatic heterocycles. The molecule has 2 rings (SSSR count). The van der Waals surface area contributed by atoms with Gasteiger partial charge in [-0.2, -0.15) is 0 Å². The van der Waals surface area contributed by atoms with Crippen molar-refractivity contribution in [3.63, 3.8) is 0 Å². The van der Waals surface area contributed by atoms with Gasteiger partial charge in [-0.05, 0) is 30.3 Å². The first-order valence-corrected chi connectivity index (χ1v) is 7.54. The summed E-state index contributed by atoms with van der Waals surface area (Å²) in [5, 5.41) is 4.35. The highest BCUT2D eigenvalue weighted by atomic mass is 35.5. The van der Waals surface area contributed by atoms with E-state index in [9.17, 15) is 22.8 Å². The Morgan fingerprint density at radius 1 is 1.12 bits per heavy atom. The fourth-order valence-electron chi connectivity index (χ4n) is 1.95. The molecule has 5 nitrogen and oxygen atoms in total. The lowest BCUT2D eigenvalue weighted by atomic mass is 9.99. The third-order valence-corrected chi connectivity index (χ3v) is 3.73. The standard InChI is InChI=1S/C15H11Cl2F3N2O3/c16-14(17)8-2-1-3-11(14)12(23)22-13(24)21-9-4-6-10(7-5-9)25-15(18,19)20/h1-8,11H,(H2,21,22,23,24). The van der Waals surface area contributed by atoms with Crippen LogP contribution in [-0.2, 0) is 4.79 Å². The van der Waals surface area contributed by atoms with E-state index in [4.69, 9.17) is 23.2 Å². The second-order valence-electron chi connectivity index (χ2n) is 4.91. The summed E-state index contributed by atoms with van der Waals surface area (Å²) in [5.41, 5.74) is 0.155. The monoisotopic (exact) mass is 394 g/mol. The number of imide groups is 1. The molecule has 1 aromatic rings. The van der Waals surface area contributed by atoms with Crippen molar-refractivity contribution in [3.05, 3.63) is 48.6 Å². The molecule has 1 aromatic carbocycles. The van der Waals surface area contributed by atoms with Crippen LogP contribution in [0.5, 0.6) is 5.75 Å². The van der Waals surface area contributed by atoms with Gasteiger partial charge in [-0.25, -0.2) is 4.79 Å². The van der Waals surface area contributed by atoms with Crippen LogP contribution in [0.3, 0.4) is 0 Å². The number of halogens is 5. The summed E-state index contributed by atoms with van der Waals surface area (Å²) >= 11 is 12.0. The maximum atomic E-state index is 12.1. The molecule has 1 unspecified atom stereocenters. The quantitative estimate of drug-likeness (QED) is 0.756. The van der Waals surface area contributed by atoms with Gasteiger partial charge in [0.25, 0.3) is 0 Å². The van der Waals surface area contributed by atoms with Crippen molar-refractivity contribution < 1.29 is 27.5 Å². The number of alkyl halides is 5. The van der Waals surface area contributed by atoms with Gasteiger partial charge in [0.15, 0.2) is 4.33 Å². The molecule has 0 aliphatic heterocycles. The molecule has 25 heavy (non-hydrogen) atoms. The average molecular weight is 395 g/mol. The Hall–Kier alpha value is -2.19. The van der Waals surface area contributed by atoms with Crippen LogP contribution in [0.15, 0.2) is 48.6 Å². The smallest absolute Gasteiger partial charge is 0.406 e. The molecule has 3 amide bonds. The zero-order valence-electron chi connectivity index (χ0n) is 12.3. The Labute approximate surface area is 150 Å². The molecule has 1 aliphatic carbocycles. The molecule has 0 saturated heterocycles. The number of carbonyl (C=O) groups is 2. The van der Waals surface area contributed by atoms with Crippen molar-refractivity contribution in [1.82, 2.24) is 5.32 Å². The number of amides is 3. The molecule has 0 heterocycles. The first-order chi connectivity index (χ1) is 11.6. The van der Waals surface area contributed by atoms with E-state index in [0.717, 1.165) is 12.1 Å². The van der Waals surface area contributed by atoms with E-state index in [0.29, 0.717) is 0 Å². The Bertz CT molecular complexity index is 716. The van der Waals surface area contributed by atoms with Gasteiger partial charge in [-0.3, -0.25) is 10.1 Å². The highest BCUT2D eigenvalue weighted by Crippen LogP contribution is 2.35. The van der Waals surface area contributed by atoms with E-state index in [2.05, 4.69) is 15.4 Å². The number of carbonyl (C=O) groups excluding carboxylic acids is 2. The van der Waals surface area contributed by atoms with Crippen LogP contribution in [0.1, 0.15) is 0 Å². The Morgan fingerprint density at radius 2 is 1.76 bits per heavy atom. The summed E-state index contributed by atoms with van der Waals surface area (Å²) in [7, 11) is 0. The molecule has 0 fully saturated rings. The third kappa shape index (κ3) is 5.68. The topological polar surface area (TPSA) is 67.4 Å². The Morgan fingerprint density at radius 3 is 2.32 bits per heavy atom. The van der Waals surface area contributed by atoms with E-state index < -0.39 is 34.3 Å². The van der Waals surface area contributed by atoms with Crippen LogP contribution in [-0.4, -0.2) is 22.6 Å².